The Hall–Kier alpha value is -0.870. The lowest BCUT2D eigenvalue weighted by molar-refractivity contribution is 0.167. The first-order chi connectivity index (χ1) is 9.57. The third kappa shape index (κ3) is 4.55. The summed E-state index contributed by atoms with van der Waals surface area (Å²) in [4.78, 5) is 2.41. The molecule has 4 heteroatoms. The molecule has 0 amide bonds. The minimum Gasteiger partial charge on any atom is -0.329 e. The van der Waals surface area contributed by atoms with Gasteiger partial charge in [0, 0.05) is 36.8 Å². The van der Waals surface area contributed by atoms with Crippen molar-refractivity contribution in [2.45, 2.75) is 65.5 Å². The Morgan fingerprint density at radius 3 is 2.29 bits per heavy atom. The normalized spacial score (nSPS) is 15.8. The molecule has 0 fully saturated rings. The summed E-state index contributed by atoms with van der Waals surface area (Å²) in [7, 11) is 4.17. The summed E-state index contributed by atoms with van der Waals surface area (Å²) in [5.74, 6) is 0.692. The lowest BCUT2D eigenvalue weighted by atomic mass is 9.87. The summed E-state index contributed by atoms with van der Waals surface area (Å²) in [5.41, 5.74) is 8.58. The van der Waals surface area contributed by atoms with Crippen LogP contribution in [0, 0.1) is 5.92 Å². The van der Waals surface area contributed by atoms with Crippen molar-refractivity contribution in [1.29, 1.82) is 0 Å². The van der Waals surface area contributed by atoms with Crippen molar-refractivity contribution in [2.75, 3.05) is 13.6 Å². The van der Waals surface area contributed by atoms with Gasteiger partial charge in [0.05, 0.1) is 11.7 Å². The van der Waals surface area contributed by atoms with Gasteiger partial charge in [-0.3, -0.25) is 9.58 Å². The van der Waals surface area contributed by atoms with Gasteiger partial charge in [-0.05, 0) is 26.3 Å². The number of hydrogen-bond donors (Lipinski definition) is 1. The Kier molecular flexibility index (Phi) is 6.00. The van der Waals surface area contributed by atoms with Crippen LogP contribution in [0.1, 0.15) is 65.3 Å². The molecule has 1 heterocycles. The van der Waals surface area contributed by atoms with Gasteiger partial charge < -0.3 is 5.73 Å². The quantitative estimate of drug-likeness (QED) is 0.877. The van der Waals surface area contributed by atoms with Gasteiger partial charge in [0.15, 0.2) is 0 Å². The molecule has 122 valence electrons. The zero-order chi connectivity index (χ0) is 16.4. The number of likely N-dealkylation sites (N-methyl/N-ethyl adjacent to an activating group) is 1. The van der Waals surface area contributed by atoms with Gasteiger partial charge >= 0.3 is 0 Å². The molecule has 0 aliphatic carbocycles. The molecule has 21 heavy (non-hydrogen) atoms. The van der Waals surface area contributed by atoms with Crippen molar-refractivity contribution in [2.24, 2.45) is 18.7 Å². The molecule has 0 spiro atoms. The number of aromatic nitrogens is 2. The van der Waals surface area contributed by atoms with Crippen molar-refractivity contribution in [3.05, 3.63) is 17.5 Å². The van der Waals surface area contributed by atoms with Crippen LogP contribution in [0.25, 0.3) is 0 Å². The van der Waals surface area contributed by atoms with E-state index in [1.165, 1.54) is 12.0 Å². The van der Waals surface area contributed by atoms with E-state index in [9.17, 15) is 0 Å². The first-order valence-electron chi connectivity index (χ1n) is 8.04. The smallest absolute Gasteiger partial charge is 0.0726 e. The molecular formula is C17H34N4. The van der Waals surface area contributed by atoms with Gasteiger partial charge in [-0.25, -0.2) is 0 Å². The Morgan fingerprint density at radius 2 is 1.86 bits per heavy atom. The van der Waals surface area contributed by atoms with Gasteiger partial charge in [0.25, 0.3) is 0 Å². The Bertz CT molecular complexity index is 442. The first kappa shape index (κ1) is 18.2. The van der Waals surface area contributed by atoms with E-state index in [1.807, 2.05) is 11.7 Å². The van der Waals surface area contributed by atoms with Gasteiger partial charge in [0.2, 0.25) is 0 Å². The van der Waals surface area contributed by atoms with Crippen LogP contribution < -0.4 is 5.73 Å². The summed E-state index contributed by atoms with van der Waals surface area (Å²) in [6.07, 6.45) is 3.31. The van der Waals surface area contributed by atoms with Crippen molar-refractivity contribution < 1.29 is 0 Å². The van der Waals surface area contributed by atoms with Crippen molar-refractivity contribution in [1.82, 2.24) is 14.7 Å². The van der Waals surface area contributed by atoms with E-state index in [-0.39, 0.29) is 11.5 Å². The Balaban J connectivity index is 3.10. The standard InChI is InChI=1S/C17H34N4/c1-12(2)9-13(3)21(8)15(10-18)14-11-20(7)19-16(14)17(4,5)6/h11-13,15H,9-10,18H2,1-8H3. The fourth-order valence-corrected chi connectivity index (χ4v) is 3.00. The monoisotopic (exact) mass is 294 g/mol. The zero-order valence-electron chi connectivity index (χ0n) is 15.1. The molecule has 0 aliphatic heterocycles. The third-order valence-corrected chi connectivity index (χ3v) is 4.15. The summed E-state index contributed by atoms with van der Waals surface area (Å²) in [5, 5.41) is 4.69. The van der Waals surface area contributed by atoms with E-state index in [2.05, 4.69) is 64.8 Å². The molecule has 2 N–H and O–H groups in total. The summed E-state index contributed by atoms with van der Waals surface area (Å²) >= 11 is 0. The maximum absolute atomic E-state index is 6.12. The number of aryl methyl sites for hydroxylation is 1. The lowest BCUT2D eigenvalue weighted by Crippen LogP contribution is -2.38. The van der Waals surface area contributed by atoms with Crippen LogP contribution in [0.5, 0.6) is 0 Å². The fraction of sp³-hybridized carbons (Fsp3) is 0.824. The van der Waals surface area contributed by atoms with E-state index in [0.717, 1.165) is 5.69 Å². The zero-order valence-corrected chi connectivity index (χ0v) is 15.1. The molecule has 4 nitrogen and oxygen atoms in total. The van der Waals surface area contributed by atoms with Crippen LogP contribution >= 0.6 is 0 Å². The van der Waals surface area contributed by atoms with Crippen LogP contribution in [-0.2, 0) is 12.5 Å². The average Bonchev–Trinajstić information content (AvgIpc) is 2.71. The molecule has 0 aromatic carbocycles. The van der Waals surface area contributed by atoms with Gasteiger partial charge in [-0.2, -0.15) is 5.10 Å². The Morgan fingerprint density at radius 1 is 1.29 bits per heavy atom. The largest absolute Gasteiger partial charge is 0.329 e. The van der Waals surface area contributed by atoms with Crippen LogP contribution in [0.15, 0.2) is 6.20 Å². The van der Waals surface area contributed by atoms with Gasteiger partial charge in [0.1, 0.15) is 0 Å². The van der Waals surface area contributed by atoms with E-state index in [1.54, 1.807) is 0 Å². The predicted octanol–water partition coefficient (Wildman–Crippen LogP) is 3.08. The fourth-order valence-electron chi connectivity index (χ4n) is 3.00. The molecular weight excluding hydrogens is 260 g/mol. The minimum absolute atomic E-state index is 0.0339. The molecule has 0 bridgehead atoms. The predicted molar refractivity (Wildman–Crippen MR) is 90.4 cm³/mol. The second-order valence-electron chi connectivity index (χ2n) is 7.75. The van der Waals surface area contributed by atoms with Crippen molar-refractivity contribution in [3.63, 3.8) is 0 Å². The van der Waals surface area contributed by atoms with Crippen LogP contribution in [-0.4, -0.2) is 34.3 Å². The highest BCUT2D eigenvalue weighted by Crippen LogP contribution is 2.31. The van der Waals surface area contributed by atoms with E-state index < -0.39 is 0 Å². The Labute approximate surface area is 130 Å². The molecule has 0 saturated carbocycles. The molecule has 0 radical (unpaired) electrons. The van der Waals surface area contributed by atoms with Crippen molar-refractivity contribution >= 4 is 0 Å². The maximum Gasteiger partial charge on any atom is 0.0726 e. The first-order valence-corrected chi connectivity index (χ1v) is 8.04. The van der Waals surface area contributed by atoms with E-state index in [0.29, 0.717) is 18.5 Å². The molecule has 0 saturated heterocycles. The molecule has 0 aliphatic rings. The van der Waals surface area contributed by atoms with Crippen molar-refractivity contribution in [3.8, 4) is 0 Å². The van der Waals surface area contributed by atoms with E-state index >= 15 is 0 Å². The van der Waals surface area contributed by atoms with Crippen LogP contribution in [0.2, 0.25) is 0 Å². The second-order valence-corrected chi connectivity index (χ2v) is 7.75. The number of nitrogens with zero attached hydrogens (tertiary/aromatic N) is 3. The second kappa shape index (κ2) is 6.93. The number of nitrogens with two attached hydrogens (primary N) is 1. The average molecular weight is 294 g/mol. The van der Waals surface area contributed by atoms with E-state index in [4.69, 9.17) is 5.73 Å². The topological polar surface area (TPSA) is 47.1 Å². The highest BCUT2D eigenvalue weighted by atomic mass is 15.3. The maximum atomic E-state index is 6.12. The highest BCUT2D eigenvalue weighted by Gasteiger charge is 2.29. The van der Waals surface area contributed by atoms with Gasteiger partial charge in [-0.1, -0.05) is 34.6 Å². The molecule has 2 atom stereocenters. The minimum atomic E-state index is 0.0339. The summed E-state index contributed by atoms with van der Waals surface area (Å²) in [6.45, 7) is 14.1. The molecule has 1 rings (SSSR count). The number of rotatable bonds is 6. The highest BCUT2D eigenvalue weighted by molar-refractivity contribution is 5.28. The lowest BCUT2D eigenvalue weighted by Gasteiger charge is -2.34. The van der Waals surface area contributed by atoms with Crippen LogP contribution in [0.3, 0.4) is 0 Å². The summed E-state index contributed by atoms with van der Waals surface area (Å²) < 4.78 is 1.92. The molecule has 1 aromatic heterocycles. The molecule has 2 unspecified atom stereocenters. The molecule has 1 aromatic rings. The van der Waals surface area contributed by atoms with Gasteiger partial charge in [-0.15, -0.1) is 0 Å². The third-order valence-electron chi connectivity index (χ3n) is 4.15. The number of hydrogen-bond acceptors (Lipinski definition) is 3. The summed E-state index contributed by atoms with van der Waals surface area (Å²) in [6, 6.07) is 0.730. The van der Waals surface area contributed by atoms with Crippen LogP contribution in [0.4, 0.5) is 0 Å². The SMILES string of the molecule is CC(C)CC(C)N(C)C(CN)c1cn(C)nc1C(C)(C)C.